The first kappa shape index (κ1) is 39.8. The van der Waals surface area contributed by atoms with E-state index in [0.29, 0.717) is 119 Å². The summed E-state index contributed by atoms with van der Waals surface area (Å²) in [6.45, 7) is 24.3. The van der Waals surface area contributed by atoms with Gasteiger partial charge in [-0.2, -0.15) is 0 Å². The molecule has 0 unspecified atom stereocenters. The van der Waals surface area contributed by atoms with Crippen molar-refractivity contribution < 1.29 is 47.1 Å². The number of rotatable bonds is 32. The maximum absolute atomic E-state index is 6.07. The van der Waals surface area contributed by atoms with E-state index in [-0.39, 0.29) is 5.04 Å². The Morgan fingerprint density at radius 2 is 0.625 bits per heavy atom. The highest BCUT2D eigenvalue weighted by Crippen LogP contribution is 2.36. The van der Waals surface area contributed by atoms with E-state index in [1.54, 1.807) is 0 Å². The summed E-state index contributed by atoms with van der Waals surface area (Å²) in [6.07, 6.45) is 3.56. The van der Waals surface area contributed by atoms with Crippen molar-refractivity contribution >= 4 is 8.32 Å². The fraction of sp³-hybridized carbons (Fsp3) is 1.00. The zero-order valence-corrected chi connectivity index (χ0v) is 27.6. The van der Waals surface area contributed by atoms with Crippen LogP contribution < -0.4 is 0 Å². The van der Waals surface area contributed by atoms with Crippen LogP contribution in [-0.2, 0) is 47.1 Å². The van der Waals surface area contributed by atoms with Crippen molar-refractivity contribution in [1.82, 2.24) is 0 Å². The van der Waals surface area contributed by atoms with Gasteiger partial charge in [0.25, 0.3) is 0 Å². The van der Waals surface area contributed by atoms with Gasteiger partial charge in [0.15, 0.2) is 8.32 Å². The predicted octanol–water partition coefficient (Wildman–Crippen LogP) is 4.35. The van der Waals surface area contributed by atoms with Crippen molar-refractivity contribution in [1.29, 1.82) is 0 Å². The van der Waals surface area contributed by atoms with E-state index in [2.05, 4.69) is 40.8 Å². The largest absolute Gasteiger partial charge is 0.414 e. The van der Waals surface area contributed by atoms with Gasteiger partial charge in [-0.15, -0.1) is 0 Å². The van der Waals surface area contributed by atoms with E-state index in [4.69, 9.17) is 47.1 Å². The van der Waals surface area contributed by atoms with Crippen molar-refractivity contribution in [3.05, 3.63) is 0 Å². The minimum absolute atomic E-state index is 0.223. The van der Waals surface area contributed by atoms with Gasteiger partial charge >= 0.3 is 0 Å². The molecule has 0 bridgehead atoms. The van der Waals surface area contributed by atoms with Crippen LogP contribution in [0.25, 0.3) is 0 Å². The molecule has 0 amide bonds. The predicted molar refractivity (Wildman–Crippen MR) is 160 cm³/mol. The Kier molecular flexibility index (Phi) is 28.8. The first-order valence-electron chi connectivity index (χ1n) is 15.1. The van der Waals surface area contributed by atoms with Gasteiger partial charge in [-0.05, 0) is 24.6 Å². The summed E-state index contributed by atoms with van der Waals surface area (Å²) >= 11 is 0. The molecule has 0 aromatic carbocycles. The Labute approximate surface area is 246 Å². The fourth-order valence-electron chi connectivity index (χ4n) is 2.89. The number of hydrogen-bond donors (Lipinski definition) is 0. The quantitative estimate of drug-likeness (QED) is 0.0822. The van der Waals surface area contributed by atoms with Gasteiger partial charge in [0.2, 0.25) is 0 Å². The minimum atomic E-state index is -1.69. The molecule has 0 heterocycles. The third-order valence-corrected chi connectivity index (χ3v) is 10.9. The molecule has 0 aromatic heterocycles. The van der Waals surface area contributed by atoms with Crippen LogP contribution in [0.4, 0.5) is 0 Å². The molecular weight excluding hydrogens is 536 g/mol. The molecule has 0 saturated carbocycles. The molecular formula is C29H62O10Si. The van der Waals surface area contributed by atoms with Gasteiger partial charge in [0.1, 0.15) is 0 Å². The van der Waals surface area contributed by atoms with E-state index in [1.807, 2.05) is 0 Å². The SMILES string of the molecule is CCCCCOCCOCCOCCOCCOCCOCCOCCOCCOCCO[Si](C)(C)C(C)(C)C. The molecule has 0 saturated heterocycles. The molecule has 11 heteroatoms. The summed E-state index contributed by atoms with van der Waals surface area (Å²) < 4.78 is 55.5. The lowest BCUT2D eigenvalue weighted by Gasteiger charge is -2.36. The van der Waals surface area contributed by atoms with Gasteiger partial charge in [0, 0.05) is 6.61 Å². The van der Waals surface area contributed by atoms with E-state index in [9.17, 15) is 0 Å². The Balaban J connectivity index is 3.12. The highest BCUT2D eigenvalue weighted by molar-refractivity contribution is 6.74. The summed E-state index contributed by atoms with van der Waals surface area (Å²) in [7, 11) is -1.69. The number of unbranched alkanes of at least 4 members (excludes halogenated alkanes) is 2. The molecule has 0 N–H and O–H groups in total. The molecule has 40 heavy (non-hydrogen) atoms. The van der Waals surface area contributed by atoms with Gasteiger partial charge in [-0.3, -0.25) is 0 Å². The first-order chi connectivity index (χ1) is 19.3. The Morgan fingerprint density at radius 3 is 0.875 bits per heavy atom. The molecule has 0 rings (SSSR count). The van der Waals surface area contributed by atoms with Gasteiger partial charge in [0.05, 0.1) is 119 Å². The second-order valence-electron chi connectivity index (χ2n) is 10.8. The monoisotopic (exact) mass is 598 g/mol. The average Bonchev–Trinajstić information content (AvgIpc) is 2.91. The zero-order chi connectivity index (χ0) is 29.6. The molecule has 0 aliphatic rings. The maximum Gasteiger partial charge on any atom is 0.192 e. The van der Waals surface area contributed by atoms with Crippen LogP contribution in [0.1, 0.15) is 47.0 Å². The summed E-state index contributed by atoms with van der Waals surface area (Å²) in [6, 6.07) is 0. The van der Waals surface area contributed by atoms with E-state index >= 15 is 0 Å². The molecule has 0 atom stereocenters. The molecule has 0 aliphatic carbocycles. The van der Waals surface area contributed by atoms with Crippen molar-refractivity contribution in [3.63, 3.8) is 0 Å². The van der Waals surface area contributed by atoms with Gasteiger partial charge in [-0.1, -0.05) is 40.5 Å². The Hall–Kier alpha value is -0.183. The van der Waals surface area contributed by atoms with E-state index in [1.165, 1.54) is 12.8 Å². The minimum Gasteiger partial charge on any atom is -0.414 e. The van der Waals surface area contributed by atoms with Crippen LogP contribution in [0.2, 0.25) is 18.1 Å². The van der Waals surface area contributed by atoms with Crippen LogP contribution in [0.3, 0.4) is 0 Å². The molecule has 0 spiro atoms. The molecule has 242 valence electrons. The molecule has 0 fully saturated rings. The summed E-state index contributed by atoms with van der Waals surface area (Å²) in [5.41, 5.74) is 0. The number of hydrogen-bond acceptors (Lipinski definition) is 10. The Morgan fingerprint density at radius 1 is 0.375 bits per heavy atom. The highest BCUT2D eigenvalue weighted by Gasteiger charge is 2.36. The van der Waals surface area contributed by atoms with Crippen molar-refractivity contribution in [2.45, 2.75) is 65.1 Å². The normalized spacial score (nSPS) is 12.4. The van der Waals surface area contributed by atoms with E-state index in [0.717, 1.165) is 13.0 Å². The van der Waals surface area contributed by atoms with Crippen LogP contribution in [0, 0.1) is 0 Å². The second kappa shape index (κ2) is 28.9. The van der Waals surface area contributed by atoms with Gasteiger partial charge in [-0.25, -0.2) is 0 Å². The second-order valence-corrected chi connectivity index (χ2v) is 15.6. The van der Waals surface area contributed by atoms with Crippen LogP contribution >= 0.6 is 0 Å². The number of ether oxygens (including phenoxy) is 9. The maximum atomic E-state index is 6.07. The standard InChI is InChI=1S/C29H62O10Si/c1-7-8-9-10-30-11-12-31-13-14-32-15-16-33-17-18-34-19-20-35-21-22-36-23-24-37-25-26-38-27-28-39-40(5,6)29(2,3)4/h7-28H2,1-6H3. The lowest BCUT2D eigenvalue weighted by atomic mass is 10.2. The third-order valence-electron chi connectivity index (χ3n) is 6.37. The molecule has 0 radical (unpaired) electrons. The lowest BCUT2D eigenvalue weighted by molar-refractivity contribution is -0.0254. The summed E-state index contributed by atoms with van der Waals surface area (Å²) in [5.74, 6) is 0. The fourth-order valence-corrected chi connectivity index (χ4v) is 3.91. The summed E-state index contributed by atoms with van der Waals surface area (Å²) in [5, 5.41) is 0.223. The van der Waals surface area contributed by atoms with E-state index < -0.39 is 8.32 Å². The van der Waals surface area contributed by atoms with Crippen molar-refractivity contribution in [2.24, 2.45) is 0 Å². The Bertz CT molecular complexity index is 506. The van der Waals surface area contributed by atoms with Gasteiger partial charge < -0.3 is 47.1 Å². The first-order valence-corrected chi connectivity index (χ1v) is 18.1. The lowest BCUT2D eigenvalue weighted by Crippen LogP contribution is -2.41. The molecule has 0 aromatic rings. The topological polar surface area (TPSA) is 92.3 Å². The van der Waals surface area contributed by atoms with Crippen LogP contribution in [0.5, 0.6) is 0 Å². The summed E-state index contributed by atoms with van der Waals surface area (Å²) in [4.78, 5) is 0. The average molecular weight is 599 g/mol. The molecule has 10 nitrogen and oxygen atoms in total. The van der Waals surface area contributed by atoms with Crippen LogP contribution in [0.15, 0.2) is 0 Å². The highest BCUT2D eigenvalue weighted by atomic mass is 28.4. The smallest absolute Gasteiger partial charge is 0.192 e. The van der Waals surface area contributed by atoms with Crippen molar-refractivity contribution in [2.75, 3.05) is 126 Å². The zero-order valence-electron chi connectivity index (χ0n) is 26.6. The van der Waals surface area contributed by atoms with Crippen LogP contribution in [-0.4, -0.2) is 134 Å². The molecule has 0 aliphatic heterocycles. The van der Waals surface area contributed by atoms with Crippen molar-refractivity contribution in [3.8, 4) is 0 Å². The third kappa shape index (κ3) is 28.0.